The summed E-state index contributed by atoms with van der Waals surface area (Å²) in [6, 6.07) is 14.3. The highest BCUT2D eigenvalue weighted by Gasteiger charge is 2.43. The van der Waals surface area contributed by atoms with Crippen molar-refractivity contribution in [3.05, 3.63) is 70.8 Å². The monoisotopic (exact) mass is 525 g/mol. The van der Waals surface area contributed by atoms with Crippen LogP contribution in [0.3, 0.4) is 0 Å². The summed E-state index contributed by atoms with van der Waals surface area (Å²) in [6.07, 6.45) is 10.4. The van der Waals surface area contributed by atoms with Crippen molar-refractivity contribution < 1.29 is 19.5 Å². The molecule has 4 rings (SSSR count). The molecular formula is C32H35N3O4. The fourth-order valence-electron chi connectivity index (χ4n) is 5.58. The van der Waals surface area contributed by atoms with Gasteiger partial charge in [0, 0.05) is 12.1 Å². The van der Waals surface area contributed by atoms with Gasteiger partial charge < -0.3 is 21.1 Å². The molecule has 3 amide bonds. The van der Waals surface area contributed by atoms with Crippen molar-refractivity contribution in [3.63, 3.8) is 0 Å². The predicted molar refractivity (Wildman–Crippen MR) is 155 cm³/mol. The Kier molecular flexibility index (Phi) is 8.25. The Morgan fingerprint density at radius 3 is 2.18 bits per heavy atom. The zero-order valence-electron chi connectivity index (χ0n) is 22.7. The summed E-state index contributed by atoms with van der Waals surface area (Å²) in [7, 11) is 0. The number of hydrogen-bond donors (Lipinski definition) is 4. The van der Waals surface area contributed by atoms with Gasteiger partial charge in [-0.2, -0.15) is 0 Å². The molecule has 0 saturated heterocycles. The van der Waals surface area contributed by atoms with Gasteiger partial charge in [0.15, 0.2) is 0 Å². The van der Waals surface area contributed by atoms with Gasteiger partial charge in [0.2, 0.25) is 0 Å². The molecule has 1 aliphatic rings. The second-order valence-corrected chi connectivity index (χ2v) is 10.6. The molecule has 7 nitrogen and oxygen atoms in total. The lowest BCUT2D eigenvalue weighted by molar-refractivity contribution is -0.146. The molecule has 0 spiro atoms. The molecule has 4 N–H and O–H groups in total. The van der Waals surface area contributed by atoms with Crippen LogP contribution in [-0.2, 0) is 11.2 Å². The fourth-order valence-corrected chi connectivity index (χ4v) is 5.58. The second kappa shape index (κ2) is 11.6. The number of aliphatic carboxylic acids is 1. The maximum Gasteiger partial charge on any atom is 0.329 e. The van der Waals surface area contributed by atoms with E-state index in [1.807, 2.05) is 50.2 Å². The Hall–Kier alpha value is -4.31. The predicted octanol–water partition coefficient (Wildman–Crippen LogP) is 6.43. The van der Waals surface area contributed by atoms with E-state index in [-0.39, 0.29) is 11.5 Å². The summed E-state index contributed by atoms with van der Waals surface area (Å²) < 4.78 is 0. The maximum absolute atomic E-state index is 13.7. The van der Waals surface area contributed by atoms with E-state index in [1.54, 1.807) is 19.1 Å². The smallest absolute Gasteiger partial charge is 0.329 e. The molecular weight excluding hydrogens is 490 g/mol. The minimum absolute atomic E-state index is 0.170. The van der Waals surface area contributed by atoms with Crippen LogP contribution >= 0.6 is 0 Å². The Morgan fingerprint density at radius 1 is 0.974 bits per heavy atom. The minimum Gasteiger partial charge on any atom is -0.480 e. The number of terminal acetylenes is 1. The number of carbonyl (C=O) groups excluding carboxylic acids is 2. The highest BCUT2D eigenvalue weighted by molar-refractivity contribution is 6.10. The zero-order valence-corrected chi connectivity index (χ0v) is 22.7. The van der Waals surface area contributed by atoms with Crippen LogP contribution in [0.1, 0.15) is 66.1 Å². The quantitative estimate of drug-likeness (QED) is 0.267. The molecule has 0 bridgehead atoms. The highest BCUT2D eigenvalue weighted by atomic mass is 16.4. The first-order chi connectivity index (χ1) is 18.6. The third kappa shape index (κ3) is 6.06. The first-order valence-corrected chi connectivity index (χ1v) is 13.3. The Labute approximate surface area is 229 Å². The van der Waals surface area contributed by atoms with Gasteiger partial charge in [-0.3, -0.25) is 4.79 Å². The Balaban J connectivity index is 1.64. The molecule has 0 heterocycles. The van der Waals surface area contributed by atoms with Crippen LogP contribution in [0.25, 0.3) is 10.8 Å². The van der Waals surface area contributed by atoms with Crippen LogP contribution in [-0.4, -0.2) is 28.6 Å². The molecule has 7 heteroatoms. The Morgan fingerprint density at radius 2 is 1.59 bits per heavy atom. The number of hydrogen-bond acceptors (Lipinski definition) is 3. The number of urea groups is 1. The molecule has 1 saturated carbocycles. The normalized spacial score (nSPS) is 15.1. The van der Waals surface area contributed by atoms with Crippen LogP contribution in [0.5, 0.6) is 0 Å². The van der Waals surface area contributed by atoms with E-state index in [2.05, 4.69) is 21.9 Å². The molecule has 1 unspecified atom stereocenters. The number of nitrogens with one attached hydrogen (secondary N) is 3. The second-order valence-electron chi connectivity index (χ2n) is 10.6. The highest BCUT2D eigenvalue weighted by Crippen LogP contribution is 2.34. The average molecular weight is 526 g/mol. The van der Waals surface area contributed by atoms with E-state index >= 15 is 0 Å². The van der Waals surface area contributed by atoms with Gasteiger partial charge in [0.25, 0.3) is 5.91 Å². The van der Waals surface area contributed by atoms with Crippen LogP contribution in [0.4, 0.5) is 16.2 Å². The van der Waals surface area contributed by atoms with E-state index < -0.39 is 23.4 Å². The van der Waals surface area contributed by atoms with Crippen molar-refractivity contribution in [1.82, 2.24) is 5.32 Å². The number of anilines is 2. The SMILES string of the molecule is C#CCc1cc(C)c(NC(=O)Nc2cc3ccccc3cc2C(=O)NC(C)(C(=O)O)C2CCCCC2)c(C)c1. The molecule has 3 aromatic rings. The molecule has 202 valence electrons. The van der Waals surface area contributed by atoms with E-state index in [0.717, 1.165) is 59.6 Å². The average Bonchev–Trinajstić information content (AvgIpc) is 2.91. The van der Waals surface area contributed by atoms with Crippen molar-refractivity contribution in [2.24, 2.45) is 5.92 Å². The third-order valence-corrected chi connectivity index (χ3v) is 7.76. The minimum atomic E-state index is -1.42. The van der Waals surface area contributed by atoms with E-state index in [4.69, 9.17) is 6.42 Å². The van der Waals surface area contributed by atoms with Gasteiger partial charge in [-0.25, -0.2) is 9.59 Å². The van der Waals surface area contributed by atoms with Crippen molar-refractivity contribution in [2.45, 2.75) is 64.8 Å². The molecule has 0 aromatic heterocycles. The summed E-state index contributed by atoms with van der Waals surface area (Å²) >= 11 is 0. The third-order valence-electron chi connectivity index (χ3n) is 7.76. The van der Waals surface area contributed by atoms with Gasteiger partial charge in [-0.15, -0.1) is 12.3 Å². The molecule has 1 aliphatic carbocycles. The van der Waals surface area contributed by atoms with Gasteiger partial charge in [-0.05, 0) is 79.1 Å². The maximum atomic E-state index is 13.7. The summed E-state index contributed by atoms with van der Waals surface area (Å²) in [6.45, 7) is 5.38. The van der Waals surface area contributed by atoms with Gasteiger partial charge >= 0.3 is 12.0 Å². The zero-order chi connectivity index (χ0) is 28.2. The van der Waals surface area contributed by atoms with Crippen molar-refractivity contribution >= 4 is 40.1 Å². The van der Waals surface area contributed by atoms with Gasteiger partial charge in [0.1, 0.15) is 5.54 Å². The number of carbonyl (C=O) groups is 3. The molecule has 39 heavy (non-hydrogen) atoms. The lowest BCUT2D eigenvalue weighted by Crippen LogP contribution is -2.57. The van der Waals surface area contributed by atoms with Crippen molar-refractivity contribution in [1.29, 1.82) is 0 Å². The number of benzene rings is 3. The van der Waals surface area contributed by atoms with Crippen LogP contribution in [0, 0.1) is 32.1 Å². The molecule has 0 aliphatic heterocycles. The Bertz CT molecular complexity index is 1440. The number of aryl methyl sites for hydroxylation is 2. The van der Waals surface area contributed by atoms with Gasteiger partial charge in [0.05, 0.1) is 11.3 Å². The molecule has 0 radical (unpaired) electrons. The van der Waals surface area contributed by atoms with Crippen molar-refractivity contribution in [3.8, 4) is 12.3 Å². The number of amides is 3. The van der Waals surface area contributed by atoms with Crippen LogP contribution in [0.15, 0.2) is 48.5 Å². The van der Waals surface area contributed by atoms with E-state index in [1.165, 1.54) is 0 Å². The number of fused-ring (bicyclic) bond motifs is 1. The molecule has 3 aromatic carbocycles. The number of rotatable bonds is 7. The molecule has 1 atom stereocenters. The van der Waals surface area contributed by atoms with E-state index in [0.29, 0.717) is 17.8 Å². The topological polar surface area (TPSA) is 108 Å². The van der Waals surface area contributed by atoms with E-state index in [9.17, 15) is 19.5 Å². The summed E-state index contributed by atoms with van der Waals surface area (Å²) in [5, 5.41) is 20.3. The van der Waals surface area contributed by atoms with Crippen molar-refractivity contribution in [2.75, 3.05) is 10.6 Å². The first-order valence-electron chi connectivity index (χ1n) is 13.3. The number of carboxylic acids is 1. The van der Waals surface area contributed by atoms with Crippen LogP contribution in [0.2, 0.25) is 0 Å². The van der Waals surface area contributed by atoms with Crippen LogP contribution < -0.4 is 16.0 Å². The van der Waals surface area contributed by atoms with Gasteiger partial charge in [-0.1, -0.05) is 55.7 Å². The molecule has 1 fully saturated rings. The summed E-state index contributed by atoms with van der Waals surface area (Å²) in [5.74, 6) is 0.858. The summed E-state index contributed by atoms with van der Waals surface area (Å²) in [5.41, 5.74) is 2.47. The first kappa shape index (κ1) is 27.7. The number of carboxylic acid groups (broad SMARTS) is 1. The summed E-state index contributed by atoms with van der Waals surface area (Å²) in [4.78, 5) is 39.2. The lowest BCUT2D eigenvalue weighted by Gasteiger charge is -2.37. The standard InChI is InChI=1S/C32H35N3O4/c1-5-11-22-16-20(2)28(21(3)17-22)34-31(39)33-27-19-24-13-10-9-12-23(24)18-26(27)29(36)35-32(4,30(37)38)25-14-7-6-8-15-25/h1,9-10,12-13,16-19,25H,6-8,11,14-15H2,2-4H3,(H,35,36)(H,37,38)(H2,33,34,39). The fraction of sp³-hybridized carbons (Fsp3) is 0.344. The lowest BCUT2D eigenvalue weighted by atomic mass is 9.75. The largest absolute Gasteiger partial charge is 0.480 e.